The Bertz CT molecular complexity index is 854. The zero-order valence-corrected chi connectivity index (χ0v) is 13.9. The van der Waals surface area contributed by atoms with E-state index in [1.807, 2.05) is 0 Å². The Labute approximate surface area is 144 Å². The van der Waals surface area contributed by atoms with Gasteiger partial charge in [-0.2, -0.15) is 5.10 Å². The van der Waals surface area contributed by atoms with E-state index in [1.165, 1.54) is 10.7 Å². The molecule has 132 valence electrons. The number of piperidine rings is 1. The molecule has 0 aromatic carbocycles. The topological polar surface area (TPSA) is 108 Å². The number of aryl methyl sites for hydroxylation is 1. The molecule has 8 heteroatoms. The summed E-state index contributed by atoms with van der Waals surface area (Å²) in [5.74, 6) is -1.10. The second-order valence-electron chi connectivity index (χ2n) is 6.31. The highest BCUT2D eigenvalue weighted by Gasteiger charge is 2.28. The second kappa shape index (κ2) is 6.92. The maximum absolute atomic E-state index is 12.7. The number of aromatic amines is 1. The summed E-state index contributed by atoms with van der Waals surface area (Å²) < 4.78 is 1.47. The van der Waals surface area contributed by atoms with Gasteiger partial charge in [0.1, 0.15) is 6.54 Å². The molecule has 1 atom stereocenters. The molecule has 1 amide bonds. The molecule has 0 spiro atoms. The molecule has 1 saturated heterocycles. The van der Waals surface area contributed by atoms with Crippen molar-refractivity contribution in [1.82, 2.24) is 19.7 Å². The third kappa shape index (κ3) is 3.78. The maximum Gasteiger partial charge on any atom is 0.325 e. The van der Waals surface area contributed by atoms with E-state index in [4.69, 9.17) is 5.11 Å². The van der Waals surface area contributed by atoms with Gasteiger partial charge in [-0.25, -0.2) is 0 Å². The second-order valence-corrected chi connectivity index (χ2v) is 6.31. The molecule has 0 saturated carbocycles. The average Bonchev–Trinajstić information content (AvgIpc) is 3.00. The predicted octanol–water partition coefficient (Wildman–Crippen LogP) is 0.984. The summed E-state index contributed by atoms with van der Waals surface area (Å²) in [5, 5.41) is 13.1. The zero-order chi connectivity index (χ0) is 18.0. The van der Waals surface area contributed by atoms with E-state index in [0.717, 1.165) is 18.5 Å². The van der Waals surface area contributed by atoms with Crippen LogP contribution >= 0.6 is 0 Å². The molecular weight excluding hydrogens is 324 g/mol. The quantitative estimate of drug-likeness (QED) is 0.860. The Kier molecular flexibility index (Phi) is 4.69. The van der Waals surface area contributed by atoms with E-state index < -0.39 is 5.97 Å². The monoisotopic (exact) mass is 344 g/mol. The van der Waals surface area contributed by atoms with Crippen molar-refractivity contribution in [2.24, 2.45) is 0 Å². The van der Waals surface area contributed by atoms with Gasteiger partial charge in [0.05, 0.1) is 0 Å². The number of hydrogen-bond donors (Lipinski definition) is 2. The highest BCUT2D eigenvalue weighted by molar-refractivity contribution is 5.94. The van der Waals surface area contributed by atoms with Crippen molar-refractivity contribution >= 4 is 11.9 Å². The van der Waals surface area contributed by atoms with Crippen molar-refractivity contribution in [3.63, 3.8) is 0 Å². The Morgan fingerprint density at radius 3 is 2.92 bits per heavy atom. The lowest BCUT2D eigenvalue weighted by atomic mass is 9.94. The number of carboxylic acids is 1. The summed E-state index contributed by atoms with van der Waals surface area (Å²) in [6, 6.07) is 4.79. The number of carboxylic acid groups (broad SMARTS) is 1. The number of carbonyl (C=O) groups excluding carboxylic acids is 1. The summed E-state index contributed by atoms with van der Waals surface area (Å²) in [6.07, 6.45) is 3.26. The summed E-state index contributed by atoms with van der Waals surface area (Å²) in [4.78, 5) is 39.7. The van der Waals surface area contributed by atoms with Crippen LogP contribution in [-0.2, 0) is 11.3 Å². The molecule has 1 aliphatic rings. The lowest BCUT2D eigenvalue weighted by molar-refractivity contribution is -0.137. The van der Waals surface area contributed by atoms with E-state index >= 15 is 0 Å². The molecule has 1 aliphatic heterocycles. The number of nitrogens with one attached hydrogen (secondary N) is 1. The fourth-order valence-corrected chi connectivity index (χ4v) is 3.34. The lowest BCUT2D eigenvalue weighted by Gasteiger charge is -2.33. The minimum atomic E-state index is -0.951. The van der Waals surface area contributed by atoms with Crippen LogP contribution in [0.3, 0.4) is 0 Å². The van der Waals surface area contributed by atoms with E-state index in [1.54, 1.807) is 30.2 Å². The molecule has 0 aliphatic carbocycles. The van der Waals surface area contributed by atoms with Gasteiger partial charge in [0.2, 0.25) is 5.56 Å². The number of pyridine rings is 1. The van der Waals surface area contributed by atoms with Gasteiger partial charge < -0.3 is 15.0 Å². The van der Waals surface area contributed by atoms with Crippen LogP contribution in [0.2, 0.25) is 0 Å². The fraction of sp³-hybridized carbons (Fsp3) is 0.412. The van der Waals surface area contributed by atoms with Crippen LogP contribution in [0.5, 0.6) is 0 Å². The molecule has 0 bridgehead atoms. The van der Waals surface area contributed by atoms with Crippen LogP contribution in [0.25, 0.3) is 0 Å². The van der Waals surface area contributed by atoms with Crippen molar-refractivity contribution < 1.29 is 14.7 Å². The third-order valence-electron chi connectivity index (χ3n) is 4.39. The maximum atomic E-state index is 12.7. The number of likely N-dealkylation sites (tertiary alicyclic amines) is 1. The van der Waals surface area contributed by atoms with Crippen LogP contribution in [0.4, 0.5) is 0 Å². The number of carbonyl (C=O) groups is 2. The van der Waals surface area contributed by atoms with Crippen molar-refractivity contribution in [3.8, 4) is 0 Å². The van der Waals surface area contributed by atoms with Crippen molar-refractivity contribution in [2.75, 3.05) is 13.1 Å². The molecule has 2 aromatic heterocycles. The van der Waals surface area contributed by atoms with Crippen molar-refractivity contribution in [2.45, 2.75) is 32.2 Å². The molecule has 0 radical (unpaired) electrons. The highest BCUT2D eigenvalue weighted by Crippen LogP contribution is 2.27. The molecule has 8 nitrogen and oxygen atoms in total. The predicted molar refractivity (Wildman–Crippen MR) is 89.5 cm³/mol. The summed E-state index contributed by atoms with van der Waals surface area (Å²) in [7, 11) is 0. The van der Waals surface area contributed by atoms with Gasteiger partial charge in [-0.15, -0.1) is 0 Å². The minimum Gasteiger partial charge on any atom is -0.480 e. The third-order valence-corrected chi connectivity index (χ3v) is 4.39. The number of H-pyrrole nitrogens is 1. The van der Waals surface area contributed by atoms with Gasteiger partial charge in [0.25, 0.3) is 5.91 Å². The van der Waals surface area contributed by atoms with Gasteiger partial charge in [0.15, 0.2) is 0 Å². The number of aromatic nitrogens is 3. The van der Waals surface area contributed by atoms with Crippen LogP contribution in [-0.4, -0.2) is 49.7 Å². The zero-order valence-electron chi connectivity index (χ0n) is 13.9. The van der Waals surface area contributed by atoms with Crippen LogP contribution in [0.1, 0.15) is 40.5 Å². The number of nitrogens with zero attached hydrogens (tertiary/aromatic N) is 3. The van der Waals surface area contributed by atoms with Gasteiger partial charge in [0, 0.05) is 48.2 Å². The first kappa shape index (κ1) is 16.9. The van der Waals surface area contributed by atoms with E-state index in [0.29, 0.717) is 24.3 Å². The molecule has 3 rings (SSSR count). The number of rotatable bonds is 4. The first-order valence-corrected chi connectivity index (χ1v) is 8.18. The average molecular weight is 344 g/mol. The molecule has 25 heavy (non-hydrogen) atoms. The van der Waals surface area contributed by atoms with Gasteiger partial charge >= 0.3 is 5.97 Å². The summed E-state index contributed by atoms with van der Waals surface area (Å²) in [6.45, 7) is 2.64. The van der Waals surface area contributed by atoms with Crippen molar-refractivity contribution in [3.05, 3.63) is 51.7 Å². The Balaban J connectivity index is 1.79. The van der Waals surface area contributed by atoms with Gasteiger partial charge in [-0.3, -0.25) is 19.1 Å². The van der Waals surface area contributed by atoms with E-state index in [-0.39, 0.29) is 23.9 Å². The van der Waals surface area contributed by atoms with Crippen LogP contribution in [0, 0.1) is 6.92 Å². The molecule has 2 aromatic rings. The molecule has 2 N–H and O–H groups in total. The largest absolute Gasteiger partial charge is 0.480 e. The van der Waals surface area contributed by atoms with Crippen LogP contribution < -0.4 is 5.56 Å². The number of amides is 1. The SMILES string of the molecule is Cc1cc(C(=O)N2CCC[C@@H](c3ccnn3CC(=O)O)C2)cc(=O)[nH]1. The molecule has 0 unspecified atom stereocenters. The molecule has 1 fully saturated rings. The number of hydrogen-bond acceptors (Lipinski definition) is 4. The van der Waals surface area contributed by atoms with E-state index in [2.05, 4.69) is 10.1 Å². The highest BCUT2D eigenvalue weighted by atomic mass is 16.4. The molecule has 3 heterocycles. The summed E-state index contributed by atoms with van der Waals surface area (Å²) in [5.41, 5.74) is 1.54. The Morgan fingerprint density at radius 2 is 2.20 bits per heavy atom. The lowest BCUT2D eigenvalue weighted by Crippen LogP contribution is -2.40. The normalized spacial score (nSPS) is 17.5. The first-order valence-electron chi connectivity index (χ1n) is 8.18. The first-order chi connectivity index (χ1) is 11.9. The number of aliphatic carboxylic acids is 1. The van der Waals surface area contributed by atoms with Crippen LogP contribution in [0.15, 0.2) is 29.2 Å². The summed E-state index contributed by atoms with van der Waals surface area (Å²) >= 11 is 0. The standard InChI is InChI=1S/C17H20N4O4/c1-11-7-13(8-15(22)19-11)17(25)20-6-2-3-12(9-20)14-4-5-18-21(14)10-16(23)24/h4-5,7-8,12H,2-3,6,9-10H2,1H3,(H,19,22)(H,23,24)/t12-/m1/s1. The fourth-order valence-electron chi connectivity index (χ4n) is 3.34. The van der Waals surface area contributed by atoms with Gasteiger partial charge in [-0.05, 0) is 31.9 Å². The molecular formula is C17H20N4O4. The smallest absolute Gasteiger partial charge is 0.325 e. The Morgan fingerprint density at radius 1 is 1.40 bits per heavy atom. The van der Waals surface area contributed by atoms with E-state index in [9.17, 15) is 14.4 Å². The van der Waals surface area contributed by atoms with Crippen molar-refractivity contribution in [1.29, 1.82) is 0 Å². The Hall–Kier alpha value is -2.90. The minimum absolute atomic E-state index is 0.0302. The van der Waals surface area contributed by atoms with Gasteiger partial charge in [-0.1, -0.05) is 0 Å².